The summed E-state index contributed by atoms with van der Waals surface area (Å²) in [6, 6.07) is 11.7. The van der Waals surface area contributed by atoms with Gasteiger partial charge in [-0.3, -0.25) is 4.79 Å². The number of rotatable bonds is 4. The van der Waals surface area contributed by atoms with Gasteiger partial charge in [-0.05, 0) is 57.2 Å². The maximum Gasteiger partial charge on any atom is 0.338 e. The Labute approximate surface area is 161 Å². The van der Waals surface area contributed by atoms with Gasteiger partial charge in [0, 0.05) is 10.7 Å². The molecule has 1 N–H and O–H groups in total. The van der Waals surface area contributed by atoms with Crippen LogP contribution in [0.5, 0.6) is 0 Å². The minimum atomic E-state index is -0.974. The standard InChI is InChI=1S/C20H18ClN3O3/c1-11-12(2)23-18-9-14(7-8-17(18)22-11)20(26)27-13(3)19(25)24-16-6-4-5-15(21)10-16/h4-10,13H,1-3H3,(H,24,25)/t13-/m0/s1. The van der Waals surface area contributed by atoms with E-state index >= 15 is 0 Å². The first kappa shape index (κ1) is 18.8. The van der Waals surface area contributed by atoms with E-state index in [1.165, 1.54) is 6.92 Å². The molecule has 1 atom stereocenters. The highest BCUT2D eigenvalue weighted by Gasteiger charge is 2.19. The van der Waals surface area contributed by atoms with Gasteiger partial charge in [0.1, 0.15) is 0 Å². The van der Waals surface area contributed by atoms with E-state index in [4.69, 9.17) is 16.3 Å². The van der Waals surface area contributed by atoms with Crippen molar-refractivity contribution in [3.05, 3.63) is 64.4 Å². The summed E-state index contributed by atoms with van der Waals surface area (Å²) in [5.74, 6) is -1.05. The summed E-state index contributed by atoms with van der Waals surface area (Å²) in [5, 5.41) is 3.16. The lowest BCUT2D eigenvalue weighted by Crippen LogP contribution is -2.30. The van der Waals surface area contributed by atoms with Crippen molar-refractivity contribution in [3.63, 3.8) is 0 Å². The first-order valence-electron chi connectivity index (χ1n) is 8.36. The number of fused-ring (bicyclic) bond motifs is 1. The van der Waals surface area contributed by atoms with Crippen LogP contribution in [0.1, 0.15) is 28.7 Å². The molecule has 1 heterocycles. The summed E-state index contributed by atoms with van der Waals surface area (Å²) in [6.45, 7) is 5.24. The molecule has 1 aromatic heterocycles. The normalized spacial score (nSPS) is 11.9. The summed E-state index contributed by atoms with van der Waals surface area (Å²) < 4.78 is 5.27. The van der Waals surface area contributed by atoms with Crippen molar-refractivity contribution in [2.24, 2.45) is 0 Å². The minimum Gasteiger partial charge on any atom is -0.449 e. The van der Waals surface area contributed by atoms with Crippen LogP contribution in [-0.2, 0) is 9.53 Å². The third-order valence-corrected chi connectivity index (χ3v) is 4.29. The third kappa shape index (κ3) is 4.41. The van der Waals surface area contributed by atoms with Crippen LogP contribution in [0.25, 0.3) is 11.0 Å². The van der Waals surface area contributed by atoms with Crippen LogP contribution in [-0.4, -0.2) is 27.9 Å². The van der Waals surface area contributed by atoms with Crippen molar-refractivity contribution >= 4 is 40.2 Å². The Balaban J connectivity index is 1.71. The van der Waals surface area contributed by atoms with Crippen LogP contribution in [0.15, 0.2) is 42.5 Å². The van der Waals surface area contributed by atoms with E-state index in [0.29, 0.717) is 27.3 Å². The molecule has 2 aromatic carbocycles. The van der Waals surface area contributed by atoms with Crippen LogP contribution < -0.4 is 5.32 Å². The second-order valence-corrected chi connectivity index (χ2v) is 6.58. The fourth-order valence-electron chi connectivity index (χ4n) is 2.45. The largest absolute Gasteiger partial charge is 0.449 e. The van der Waals surface area contributed by atoms with Gasteiger partial charge in [0.25, 0.3) is 5.91 Å². The monoisotopic (exact) mass is 383 g/mol. The first-order chi connectivity index (χ1) is 12.8. The predicted molar refractivity (Wildman–Crippen MR) is 104 cm³/mol. The molecule has 0 spiro atoms. The van der Waals surface area contributed by atoms with E-state index in [2.05, 4.69) is 15.3 Å². The van der Waals surface area contributed by atoms with Crippen LogP contribution in [0.4, 0.5) is 5.69 Å². The van der Waals surface area contributed by atoms with Crippen molar-refractivity contribution in [1.82, 2.24) is 9.97 Å². The van der Waals surface area contributed by atoms with E-state index < -0.39 is 18.0 Å². The Morgan fingerprint density at radius 3 is 2.44 bits per heavy atom. The molecule has 0 radical (unpaired) electrons. The molecule has 7 heteroatoms. The van der Waals surface area contributed by atoms with Crippen molar-refractivity contribution in [3.8, 4) is 0 Å². The third-order valence-electron chi connectivity index (χ3n) is 4.06. The highest BCUT2D eigenvalue weighted by Crippen LogP contribution is 2.17. The van der Waals surface area contributed by atoms with Gasteiger partial charge in [0.05, 0.1) is 28.0 Å². The van der Waals surface area contributed by atoms with E-state index in [1.54, 1.807) is 42.5 Å². The lowest BCUT2D eigenvalue weighted by molar-refractivity contribution is -0.123. The fraction of sp³-hybridized carbons (Fsp3) is 0.200. The quantitative estimate of drug-likeness (QED) is 0.686. The van der Waals surface area contributed by atoms with Gasteiger partial charge < -0.3 is 10.1 Å². The number of aromatic nitrogens is 2. The average molecular weight is 384 g/mol. The zero-order chi connectivity index (χ0) is 19.6. The highest BCUT2D eigenvalue weighted by molar-refractivity contribution is 6.30. The minimum absolute atomic E-state index is 0.308. The Morgan fingerprint density at radius 2 is 1.74 bits per heavy atom. The molecule has 1 amide bonds. The molecule has 138 valence electrons. The number of aryl methyl sites for hydroxylation is 2. The molecule has 0 unspecified atom stereocenters. The number of carbonyl (C=O) groups is 2. The van der Waals surface area contributed by atoms with Gasteiger partial charge in [0.15, 0.2) is 6.10 Å². The first-order valence-corrected chi connectivity index (χ1v) is 8.73. The second kappa shape index (κ2) is 7.72. The summed E-state index contributed by atoms with van der Waals surface area (Å²) in [4.78, 5) is 33.5. The van der Waals surface area contributed by atoms with Crippen LogP contribution in [0, 0.1) is 13.8 Å². The number of amides is 1. The van der Waals surface area contributed by atoms with Gasteiger partial charge in [0.2, 0.25) is 0 Å². The predicted octanol–water partition coefficient (Wildman–Crippen LogP) is 4.08. The van der Waals surface area contributed by atoms with Gasteiger partial charge in [-0.25, -0.2) is 14.8 Å². The summed E-state index contributed by atoms with van der Waals surface area (Å²) in [5.41, 5.74) is 3.76. The maximum absolute atomic E-state index is 12.4. The topological polar surface area (TPSA) is 81.2 Å². The number of nitrogens with one attached hydrogen (secondary N) is 1. The lowest BCUT2D eigenvalue weighted by Gasteiger charge is -2.14. The summed E-state index contributed by atoms with van der Waals surface area (Å²) >= 11 is 5.89. The molecule has 3 aromatic rings. The molecule has 0 fully saturated rings. The zero-order valence-corrected chi connectivity index (χ0v) is 15.9. The fourth-order valence-corrected chi connectivity index (χ4v) is 2.64. The lowest BCUT2D eigenvalue weighted by atomic mass is 10.2. The number of benzene rings is 2. The smallest absolute Gasteiger partial charge is 0.338 e. The van der Waals surface area contributed by atoms with Crippen molar-refractivity contribution in [2.75, 3.05) is 5.32 Å². The average Bonchev–Trinajstić information content (AvgIpc) is 2.62. The Bertz CT molecular complexity index is 1040. The Hall–Kier alpha value is -2.99. The molecule has 0 saturated heterocycles. The van der Waals surface area contributed by atoms with Gasteiger partial charge >= 0.3 is 5.97 Å². The molecular weight excluding hydrogens is 366 g/mol. The van der Waals surface area contributed by atoms with Crippen molar-refractivity contribution in [1.29, 1.82) is 0 Å². The number of hydrogen-bond donors (Lipinski definition) is 1. The molecule has 3 rings (SSSR count). The zero-order valence-electron chi connectivity index (χ0n) is 15.1. The molecule has 27 heavy (non-hydrogen) atoms. The maximum atomic E-state index is 12.4. The summed E-state index contributed by atoms with van der Waals surface area (Å²) in [7, 11) is 0. The van der Waals surface area contributed by atoms with Crippen molar-refractivity contribution < 1.29 is 14.3 Å². The molecule has 6 nitrogen and oxygen atoms in total. The molecule has 0 bridgehead atoms. The van der Waals surface area contributed by atoms with Gasteiger partial charge in [-0.2, -0.15) is 0 Å². The number of nitrogens with zero attached hydrogens (tertiary/aromatic N) is 2. The molecule has 0 aliphatic carbocycles. The van der Waals surface area contributed by atoms with Crippen molar-refractivity contribution in [2.45, 2.75) is 26.9 Å². The number of hydrogen-bond acceptors (Lipinski definition) is 5. The SMILES string of the molecule is Cc1nc2ccc(C(=O)O[C@@H](C)C(=O)Nc3cccc(Cl)c3)cc2nc1C. The van der Waals surface area contributed by atoms with E-state index in [1.807, 2.05) is 13.8 Å². The van der Waals surface area contributed by atoms with Crippen LogP contribution in [0.3, 0.4) is 0 Å². The highest BCUT2D eigenvalue weighted by atomic mass is 35.5. The van der Waals surface area contributed by atoms with Crippen LogP contribution in [0.2, 0.25) is 5.02 Å². The number of anilines is 1. The van der Waals surface area contributed by atoms with E-state index in [0.717, 1.165) is 11.4 Å². The second-order valence-electron chi connectivity index (χ2n) is 6.15. The van der Waals surface area contributed by atoms with Gasteiger partial charge in [-0.15, -0.1) is 0 Å². The molecule has 0 aliphatic rings. The molecule has 0 saturated carbocycles. The van der Waals surface area contributed by atoms with Gasteiger partial charge in [-0.1, -0.05) is 17.7 Å². The number of halogens is 1. The number of ether oxygens (including phenoxy) is 1. The molecular formula is C20H18ClN3O3. The van der Waals surface area contributed by atoms with E-state index in [-0.39, 0.29) is 0 Å². The Kier molecular flexibility index (Phi) is 5.37. The molecule has 0 aliphatic heterocycles. The summed E-state index contributed by atoms with van der Waals surface area (Å²) in [6.07, 6.45) is -0.974. The van der Waals surface area contributed by atoms with E-state index in [9.17, 15) is 9.59 Å². The number of carbonyl (C=O) groups excluding carboxylic acids is 2. The van der Waals surface area contributed by atoms with Crippen LogP contribution >= 0.6 is 11.6 Å². The Morgan fingerprint density at radius 1 is 1.04 bits per heavy atom. The number of esters is 1.